The van der Waals surface area contributed by atoms with Gasteiger partial charge in [-0.15, -0.1) is 11.3 Å². The molecule has 0 spiro atoms. The summed E-state index contributed by atoms with van der Waals surface area (Å²) in [5.74, 6) is 0.966. The van der Waals surface area contributed by atoms with Gasteiger partial charge in [0.15, 0.2) is 5.13 Å². The lowest BCUT2D eigenvalue weighted by Gasteiger charge is -2.35. The summed E-state index contributed by atoms with van der Waals surface area (Å²) in [5, 5.41) is 1.08. The number of nitrogens with zero attached hydrogens (tertiary/aromatic N) is 3. The second-order valence-electron chi connectivity index (χ2n) is 5.90. The van der Waals surface area contributed by atoms with Crippen molar-refractivity contribution in [2.75, 3.05) is 37.7 Å². The molecule has 1 aromatic rings. The summed E-state index contributed by atoms with van der Waals surface area (Å²) in [6.45, 7) is 10.0. The molecule has 1 aromatic heterocycles. The van der Waals surface area contributed by atoms with Crippen molar-refractivity contribution in [3.05, 3.63) is 21.9 Å². The van der Waals surface area contributed by atoms with E-state index in [4.69, 9.17) is 4.74 Å². The van der Waals surface area contributed by atoms with E-state index in [2.05, 4.69) is 16.8 Å². The van der Waals surface area contributed by atoms with Crippen LogP contribution >= 0.6 is 11.3 Å². The fraction of sp³-hybridized carbons (Fsp3) is 0.625. The fourth-order valence-electron chi connectivity index (χ4n) is 2.88. The Morgan fingerprint density at radius 2 is 1.91 bits per heavy atom. The van der Waals surface area contributed by atoms with Crippen LogP contribution in [0.4, 0.5) is 5.13 Å². The summed E-state index contributed by atoms with van der Waals surface area (Å²) in [6.07, 6.45) is 1.78. The van der Waals surface area contributed by atoms with Gasteiger partial charge in [-0.05, 0) is 33.6 Å². The van der Waals surface area contributed by atoms with E-state index in [1.165, 1.54) is 4.88 Å². The number of allylic oxidation sites excluding steroid dienone is 1. The van der Waals surface area contributed by atoms with Gasteiger partial charge >= 0.3 is 0 Å². The maximum Gasteiger partial charge on any atom is 0.253 e. The van der Waals surface area contributed by atoms with Crippen molar-refractivity contribution >= 4 is 22.4 Å². The number of carbonyl (C=O) groups excluding carboxylic acids is 1. The Bertz CT molecular complexity index is 581. The zero-order chi connectivity index (χ0) is 15.7. The van der Waals surface area contributed by atoms with Crippen molar-refractivity contribution in [2.24, 2.45) is 0 Å². The van der Waals surface area contributed by atoms with Gasteiger partial charge in [0.25, 0.3) is 5.91 Å². The second kappa shape index (κ2) is 6.28. The van der Waals surface area contributed by atoms with Gasteiger partial charge in [-0.25, -0.2) is 4.98 Å². The third-order valence-electron chi connectivity index (χ3n) is 4.43. The van der Waals surface area contributed by atoms with Crippen molar-refractivity contribution in [1.82, 2.24) is 9.88 Å². The van der Waals surface area contributed by atoms with Crippen molar-refractivity contribution in [3.63, 3.8) is 0 Å². The highest BCUT2D eigenvalue weighted by Crippen LogP contribution is 2.27. The molecule has 1 amide bonds. The van der Waals surface area contributed by atoms with Gasteiger partial charge in [0.1, 0.15) is 5.76 Å². The summed E-state index contributed by atoms with van der Waals surface area (Å²) in [4.78, 5) is 22.8. The first-order chi connectivity index (χ1) is 10.6. The minimum atomic E-state index is 0.156. The molecule has 2 aliphatic heterocycles. The van der Waals surface area contributed by atoms with E-state index < -0.39 is 0 Å². The Hall–Kier alpha value is -1.56. The predicted molar refractivity (Wildman–Crippen MR) is 88.3 cm³/mol. The number of aryl methyl sites for hydroxylation is 2. The van der Waals surface area contributed by atoms with E-state index in [1.807, 2.05) is 18.7 Å². The predicted octanol–water partition coefficient (Wildman–Crippen LogP) is 2.49. The summed E-state index contributed by atoms with van der Waals surface area (Å²) >= 11 is 1.74. The Balaban J connectivity index is 1.63. The van der Waals surface area contributed by atoms with E-state index in [0.29, 0.717) is 0 Å². The molecule has 0 saturated carbocycles. The first-order valence-electron chi connectivity index (χ1n) is 7.87. The molecule has 0 aromatic carbocycles. The monoisotopic (exact) mass is 321 g/mol. The molecule has 3 heterocycles. The molecule has 0 N–H and O–H groups in total. The van der Waals surface area contributed by atoms with Crippen molar-refractivity contribution < 1.29 is 9.53 Å². The molecule has 1 saturated heterocycles. The van der Waals surface area contributed by atoms with Crippen LogP contribution in [-0.2, 0) is 9.53 Å². The largest absolute Gasteiger partial charge is 0.498 e. The number of thiazole rings is 1. The highest BCUT2D eigenvalue weighted by atomic mass is 32.1. The number of piperazine rings is 1. The average Bonchev–Trinajstić information content (AvgIpc) is 2.87. The van der Waals surface area contributed by atoms with Gasteiger partial charge in [-0.1, -0.05) is 0 Å². The number of carbonyl (C=O) groups is 1. The normalized spacial score (nSPS) is 19.4. The summed E-state index contributed by atoms with van der Waals surface area (Å²) in [7, 11) is 0. The summed E-state index contributed by atoms with van der Waals surface area (Å²) < 4.78 is 5.52. The molecule has 0 aliphatic carbocycles. The first kappa shape index (κ1) is 15.3. The Labute approximate surface area is 135 Å². The second-order valence-corrected chi connectivity index (χ2v) is 7.09. The van der Waals surface area contributed by atoms with Gasteiger partial charge in [0.05, 0.1) is 17.9 Å². The zero-order valence-electron chi connectivity index (χ0n) is 13.5. The quantitative estimate of drug-likeness (QED) is 0.839. The van der Waals surface area contributed by atoms with E-state index in [9.17, 15) is 4.79 Å². The van der Waals surface area contributed by atoms with Crippen LogP contribution < -0.4 is 4.90 Å². The van der Waals surface area contributed by atoms with Gasteiger partial charge in [-0.2, -0.15) is 0 Å². The molecule has 0 bridgehead atoms. The average molecular weight is 321 g/mol. The van der Waals surface area contributed by atoms with Gasteiger partial charge in [0.2, 0.25) is 0 Å². The Kier molecular flexibility index (Phi) is 4.38. The zero-order valence-corrected chi connectivity index (χ0v) is 14.3. The number of amides is 1. The lowest BCUT2D eigenvalue weighted by molar-refractivity contribution is -0.128. The molecular formula is C16H23N3O2S. The molecule has 0 radical (unpaired) electrons. The molecule has 3 rings (SSSR count). The van der Waals surface area contributed by atoms with Gasteiger partial charge in [0, 0.05) is 31.1 Å². The van der Waals surface area contributed by atoms with E-state index in [-0.39, 0.29) is 5.91 Å². The molecule has 1 fully saturated rings. The third-order valence-corrected chi connectivity index (χ3v) is 5.56. The van der Waals surface area contributed by atoms with Gasteiger partial charge in [-0.3, -0.25) is 4.79 Å². The molecule has 120 valence electrons. The van der Waals surface area contributed by atoms with Crippen LogP contribution in [0.25, 0.3) is 0 Å². The minimum Gasteiger partial charge on any atom is -0.498 e. The summed E-state index contributed by atoms with van der Waals surface area (Å²) in [6, 6.07) is 0. The molecule has 0 atom stereocenters. The van der Waals surface area contributed by atoms with Crippen LogP contribution in [0.5, 0.6) is 0 Å². The lowest BCUT2D eigenvalue weighted by atomic mass is 10.1. The van der Waals surface area contributed by atoms with Crippen LogP contribution in [0.3, 0.4) is 0 Å². The lowest BCUT2D eigenvalue weighted by Crippen LogP contribution is -2.49. The van der Waals surface area contributed by atoms with E-state index >= 15 is 0 Å². The molecule has 6 heteroatoms. The SMILES string of the molecule is CC1=C(C(=O)N2CCN(c3nc(C)c(C)s3)CC2)CCCO1. The maximum atomic E-state index is 12.6. The maximum absolute atomic E-state index is 12.6. The third kappa shape index (κ3) is 2.97. The smallest absolute Gasteiger partial charge is 0.253 e. The van der Waals surface area contributed by atoms with Crippen LogP contribution in [0.15, 0.2) is 11.3 Å². The number of anilines is 1. The molecular weight excluding hydrogens is 298 g/mol. The first-order valence-corrected chi connectivity index (χ1v) is 8.68. The van der Waals surface area contributed by atoms with Crippen molar-refractivity contribution in [3.8, 4) is 0 Å². The van der Waals surface area contributed by atoms with Crippen molar-refractivity contribution in [2.45, 2.75) is 33.6 Å². The minimum absolute atomic E-state index is 0.156. The number of rotatable bonds is 2. The van der Waals surface area contributed by atoms with E-state index in [0.717, 1.165) is 67.8 Å². The van der Waals surface area contributed by atoms with Crippen LogP contribution in [0.1, 0.15) is 30.3 Å². The van der Waals surface area contributed by atoms with Crippen LogP contribution in [-0.4, -0.2) is 48.6 Å². The standard InChI is InChI=1S/C16H23N3O2S/c1-11-13(3)22-16(17-11)19-8-6-18(7-9-19)15(20)14-5-4-10-21-12(14)2/h4-10H2,1-3H3. The number of hydrogen-bond acceptors (Lipinski definition) is 5. The highest BCUT2D eigenvalue weighted by Gasteiger charge is 2.27. The topological polar surface area (TPSA) is 45.7 Å². The number of ether oxygens (including phenoxy) is 1. The van der Waals surface area contributed by atoms with Crippen LogP contribution in [0.2, 0.25) is 0 Å². The number of hydrogen-bond donors (Lipinski definition) is 0. The van der Waals surface area contributed by atoms with Gasteiger partial charge < -0.3 is 14.5 Å². The highest BCUT2D eigenvalue weighted by molar-refractivity contribution is 7.15. The molecule has 22 heavy (non-hydrogen) atoms. The van der Waals surface area contributed by atoms with Crippen molar-refractivity contribution in [1.29, 1.82) is 0 Å². The fourth-order valence-corrected chi connectivity index (χ4v) is 3.84. The van der Waals surface area contributed by atoms with Crippen LogP contribution in [0, 0.1) is 13.8 Å². The Morgan fingerprint density at radius 1 is 1.18 bits per heavy atom. The Morgan fingerprint density at radius 3 is 2.50 bits per heavy atom. The van der Waals surface area contributed by atoms with E-state index in [1.54, 1.807) is 11.3 Å². The molecule has 0 unspecified atom stereocenters. The molecule has 2 aliphatic rings. The summed E-state index contributed by atoms with van der Waals surface area (Å²) in [5.41, 5.74) is 1.97. The number of aromatic nitrogens is 1. The molecule has 5 nitrogen and oxygen atoms in total.